The van der Waals surface area contributed by atoms with Crippen LogP contribution in [-0.4, -0.2) is 7.05 Å². The molecule has 104 valence electrons. The van der Waals surface area contributed by atoms with Crippen LogP contribution in [0.2, 0.25) is 0 Å². The third-order valence-electron chi connectivity index (χ3n) is 3.65. The summed E-state index contributed by atoms with van der Waals surface area (Å²) in [5.74, 6) is 2.76. The zero-order chi connectivity index (χ0) is 14.3. The van der Waals surface area contributed by atoms with Gasteiger partial charge in [0.15, 0.2) is 0 Å². The maximum Gasteiger partial charge on any atom is 0.134 e. The van der Waals surface area contributed by atoms with Crippen LogP contribution in [0.5, 0.6) is 0 Å². The Balaban J connectivity index is 2.09. The van der Waals surface area contributed by atoms with E-state index < -0.39 is 0 Å². The predicted octanol–water partition coefficient (Wildman–Crippen LogP) is 4.26. The van der Waals surface area contributed by atoms with Crippen LogP contribution < -0.4 is 5.32 Å². The molecule has 0 aliphatic carbocycles. The van der Waals surface area contributed by atoms with E-state index in [1.807, 2.05) is 27.0 Å². The van der Waals surface area contributed by atoms with E-state index in [2.05, 4.69) is 36.5 Å². The minimum absolute atomic E-state index is 0.0140. The molecule has 1 unspecified atom stereocenters. The lowest BCUT2D eigenvalue weighted by molar-refractivity contribution is 0.471. The largest absolute Gasteiger partial charge is 0.466 e. The van der Waals surface area contributed by atoms with Crippen LogP contribution in [0.4, 0.5) is 0 Å². The topological polar surface area (TPSA) is 38.3 Å². The first-order chi connectivity index (χ1) is 9.58. The van der Waals surface area contributed by atoms with Gasteiger partial charge >= 0.3 is 0 Å². The van der Waals surface area contributed by atoms with Gasteiger partial charge in [-0.1, -0.05) is 11.6 Å². The van der Waals surface area contributed by atoms with Gasteiger partial charge in [-0.15, -0.1) is 0 Å². The summed E-state index contributed by atoms with van der Waals surface area (Å²) in [6, 6.07) is 10.4. The minimum Gasteiger partial charge on any atom is -0.466 e. The normalized spacial score (nSPS) is 13.0. The molecular formula is C17H19NO2. The van der Waals surface area contributed by atoms with Gasteiger partial charge in [0, 0.05) is 10.9 Å². The summed E-state index contributed by atoms with van der Waals surface area (Å²) in [6.07, 6.45) is 0. The number of benzene rings is 1. The highest BCUT2D eigenvalue weighted by molar-refractivity contribution is 5.79. The van der Waals surface area contributed by atoms with Crippen molar-refractivity contribution in [1.82, 2.24) is 5.32 Å². The molecule has 1 aromatic carbocycles. The molecule has 3 nitrogen and oxygen atoms in total. The maximum absolute atomic E-state index is 5.99. The number of rotatable bonds is 3. The molecule has 0 radical (unpaired) electrons. The summed E-state index contributed by atoms with van der Waals surface area (Å²) < 4.78 is 11.6. The number of aryl methyl sites for hydroxylation is 3. The summed E-state index contributed by atoms with van der Waals surface area (Å²) >= 11 is 0. The first kappa shape index (κ1) is 13.0. The molecule has 0 saturated heterocycles. The third kappa shape index (κ3) is 2.14. The van der Waals surface area contributed by atoms with Crippen LogP contribution in [0, 0.1) is 20.8 Å². The molecule has 0 fully saturated rings. The molecule has 3 heteroatoms. The molecule has 3 aromatic rings. The monoisotopic (exact) mass is 269 g/mol. The molecule has 3 rings (SSSR count). The van der Waals surface area contributed by atoms with Gasteiger partial charge in [0.2, 0.25) is 0 Å². The van der Waals surface area contributed by atoms with Gasteiger partial charge in [-0.3, -0.25) is 0 Å². The van der Waals surface area contributed by atoms with Crippen molar-refractivity contribution in [2.45, 2.75) is 26.8 Å². The second kappa shape index (κ2) is 4.84. The molecule has 2 heterocycles. The second-order valence-corrected chi connectivity index (χ2v) is 5.28. The smallest absolute Gasteiger partial charge is 0.134 e. The number of hydrogen-bond acceptors (Lipinski definition) is 3. The Hall–Kier alpha value is -2.00. The van der Waals surface area contributed by atoms with E-state index in [9.17, 15) is 0 Å². The number of fused-ring (bicyclic) bond motifs is 1. The lowest BCUT2D eigenvalue weighted by atomic mass is 10.0. The highest BCUT2D eigenvalue weighted by atomic mass is 16.3. The van der Waals surface area contributed by atoms with Crippen LogP contribution in [0.1, 0.15) is 34.4 Å². The van der Waals surface area contributed by atoms with E-state index in [-0.39, 0.29) is 6.04 Å². The van der Waals surface area contributed by atoms with Gasteiger partial charge in [-0.25, -0.2) is 0 Å². The molecule has 0 saturated carbocycles. The Morgan fingerprint density at radius 1 is 1.00 bits per heavy atom. The van der Waals surface area contributed by atoms with E-state index in [4.69, 9.17) is 8.83 Å². The van der Waals surface area contributed by atoms with Crippen molar-refractivity contribution in [2.24, 2.45) is 0 Å². The van der Waals surface area contributed by atoms with Crippen LogP contribution >= 0.6 is 0 Å². The molecule has 20 heavy (non-hydrogen) atoms. The standard InChI is InChI=1S/C17H19NO2/c1-10-5-6-15-13(7-10)9-16(20-15)17(18-4)14-8-11(2)19-12(14)3/h5-9,17-18H,1-4H3. The Morgan fingerprint density at radius 2 is 1.80 bits per heavy atom. The van der Waals surface area contributed by atoms with Gasteiger partial charge in [-0.05, 0) is 52.1 Å². The predicted molar refractivity (Wildman–Crippen MR) is 80.0 cm³/mol. The molecule has 0 aliphatic rings. The van der Waals surface area contributed by atoms with Crippen LogP contribution in [0.3, 0.4) is 0 Å². The molecule has 0 spiro atoms. The molecule has 0 amide bonds. The summed E-state index contributed by atoms with van der Waals surface area (Å²) in [5.41, 5.74) is 3.28. The SMILES string of the molecule is CNC(c1cc2cc(C)ccc2o1)c1cc(C)oc1C. The van der Waals surface area contributed by atoms with Gasteiger partial charge in [0.1, 0.15) is 22.9 Å². The zero-order valence-electron chi connectivity index (χ0n) is 12.3. The molecule has 0 bridgehead atoms. The Bertz CT molecular complexity index is 752. The molecular weight excluding hydrogens is 250 g/mol. The lowest BCUT2D eigenvalue weighted by Gasteiger charge is -2.12. The van der Waals surface area contributed by atoms with E-state index in [0.29, 0.717) is 0 Å². The van der Waals surface area contributed by atoms with E-state index >= 15 is 0 Å². The second-order valence-electron chi connectivity index (χ2n) is 5.28. The highest BCUT2D eigenvalue weighted by Gasteiger charge is 2.21. The number of nitrogens with one attached hydrogen (secondary N) is 1. The van der Waals surface area contributed by atoms with Crippen LogP contribution in [-0.2, 0) is 0 Å². The molecule has 1 atom stereocenters. The Morgan fingerprint density at radius 3 is 2.45 bits per heavy atom. The number of furan rings is 2. The van der Waals surface area contributed by atoms with Gasteiger partial charge in [0.05, 0.1) is 6.04 Å². The average molecular weight is 269 g/mol. The third-order valence-corrected chi connectivity index (χ3v) is 3.65. The van der Waals surface area contributed by atoms with Crippen molar-refractivity contribution in [3.8, 4) is 0 Å². The van der Waals surface area contributed by atoms with E-state index in [0.717, 1.165) is 33.8 Å². The highest BCUT2D eigenvalue weighted by Crippen LogP contribution is 2.31. The summed E-state index contributed by atoms with van der Waals surface area (Å²) in [5, 5.41) is 4.45. The quantitative estimate of drug-likeness (QED) is 0.772. The fourth-order valence-corrected chi connectivity index (χ4v) is 2.71. The Labute approximate surface area is 118 Å². The van der Waals surface area contributed by atoms with Gasteiger partial charge in [-0.2, -0.15) is 0 Å². The summed E-state index contributed by atoms with van der Waals surface area (Å²) in [6.45, 7) is 6.04. The maximum atomic E-state index is 5.99. The molecule has 2 aromatic heterocycles. The van der Waals surface area contributed by atoms with Crippen molar-refractivity contribution >= 4 is 11.0 Å². The number of hydrogen-bond donors (Lipinski definition) is 1. The minimum atomic E-state index is 0.0140. The van der Waals surface area contributed by atoms with Crippen molar-refractivity contribution < 1.29 is 8.83 Å². The van der Waals surface area contributed by atoms with Crippen molar-refractivity contribution in [3.63, 3.8) is 0 Å². The van der Waals surface area contributed by atoms with Crippen molar-refractivity contribution in [3.05, 3.63) is 58.7 Å². The van der Waals surface area contributed by atoms with Crippen molar-refractivity contribution in [2.75, 3.05) is 7.05 Å². The molecule has 1 N–H and O–H groups in total. The summed E-state index contributed by atoms with van der Waals surface area (Å²) in [4.78, 5) is 0. The van der Waals surface area contributed by atoms with Crippen molar-refractivity contribution in [1.29, 1.82) is 0 Å². The fraction of sp³-hybridized carbons (Fsp3) is 0.294. The fourth-order valence-electron chi connectivity index (χ4n) is 2.71. The van der Waals surface area contributed by atoms with Gasteiger partial charge < -0.3 is 14.2 Å². The zero-order valence-corrected chi connectivity index (χ0v) is 12.3. The van der Waals surface area contributed by atoms with E-state index in [1.54, 1.807) is 0 Å². The lowest BCUT2D eigenvalue weighted by Crippen LogP contribution is -2.17. The first-order valence-corrected chi connectivity index (χ1v) is 6.83. The first-order valence-electron chi connectivity index (χ1n) is 6.83. The molecule has 0 aliphatic heterocycles. The van der Waals surface area contributed by atoms with E-state index in [1.165, 1.54) is 5.56 Å². The average Bonchev–Trinajstić information content (AvgIpc) is 2.94. The van der Waals surface area contributed by atoms with Gasteiger partial charge in [0.25, 0.3) is 0 Å². The summed E-state index contributed by atoms with van der Waals surface area (Å²) in [7, 11) is 1.94. The van der Waals surface area contributed by atoms with Crippen LogP contribution in [0.15, 0.2) is 39.2 Å². The van der Waals surface area contributed by atoms with Crippen LogP contribution in [0.25, 0.3) is 11.0 Å². The Kier molecular flexibility index (Phi) is 3.14.